The lowest BCUT2D eigenvalue weighted by molar-refractivity contribution is -0.123. The van der Waals surface area contributed by atoms with Gasteiger partial charge in [0.25, 0.3) is 11.8 Å². The summed E-state index contributed by atoms with van der Waals surface area (Å²) in [6.45, 7) is 1.67. The lowest BCUT2D eigenvalue weighted by Gasteiger charge is -2.21. The molecule has 0 spiro atoms. The molecule has 0 saturated carbocycles. The highest BCUT2D eigenvalue weighted by atomic mass is 16.5. The Morgan fingerprint density at radius 2 is 1.91 bits per heavy atom. The Hall–Kier alpha value is -3.94. The number of hydrogen-bond donors (Lipinski definition) is 3. The number of benzene rings is 2. The van der Waals surface area contributed by atoms with Gasteiger partial charge < -0.3 is 14.8 Å². The molecule has 0 bridgehead atoms. The highest BCUT2D eigenvalue weighted by Crippen LogP contribution is 2.35. The largest absolute Gasteiger partial charge is 0.358 e. The lowest BCUT2D eigenvalue weighted by atomic mass is 9.91. The summed E-state index contributed by atoms with van der Waals surface area (Å²) in [6.07, 6.45) is 4.56. The summed E-state index contributed by atoms with van der Waals surface area (Å²) in [5.41, 5.74) is 4.80. The molecule has 1 atom stereocenters. The van der Waals surface area contributed by atoms with Gasteiger partial charge in [-0.2, -0.15) is 4.98 Å². The molecule has 8 heteroatoms. The molecule has 0 radical (unpaired) electrons. The van der Waals surface area contributed by atoms with Crippen molar-refractivity contribution in [1.29, 1.82) is 0 Å². The Kier molecular flexibility index (Phi) is 3.98. The number of hydrogen-bond acceptors (Lipinski definition) is 5. The molecule has 2 aromatic carbocycles. The fraction of sp³-hybridized carbons (Fsp3) is 0.250. The van der Waals surface area contributed by atoms with Crippen molar-refractivity contribution in [2.45, 2.75) is 38.1 Å². The van der Waals surface area contributed by atoms with Crippen molar-refractivity contribution in [3.63, 3.8) is 0 Å². The molecule has 4 aromatic rings. The third-order valence-corrected chi connectivity index (χ3v) is 6.53. The van der Waals surface area contributed by atoms with Crippen LogP contribution in [0.4, 0.5) is 4.79 Å². The number of carbonyl (C=O) groups is 2. The molecule has 3 N–H and O–H groups in total. The number of H-pyrrole nitrogens is 1. The van der Waals surface area contributed by atoms with E-state index >= 15 is 0 Å². The summed E-state index contributed by atoms with van der Waals surface area (Å²) in [5.74, 6) is 0.465. The van der Waals surface area contributed by atoms with Gasteiger partial charge in [0.2, 0.25) is 5.82 Å². The zero-order valence-corrected chi connectivity index (χ0v) is 17.5. The van der Waals surface area contributed by atoms with E-state index in [-0.39, 0.29) is 0 Å². The van der Waals surface area contributed by atoms with Gasteiger partial charge in [-0.25, -0.2) is 4.79 Å². The van der Waals surface area contributed by atoms with Crippen molar-refractivity contribution in [2.75, 3.05) is 0 Å². The van der Waals surface area contributed by atoms with Gasteiger partial charge in [0.05, 0.1) is 11.1 Å². The van der Waals surface area contributed by atoms with E-state index in [1.165, 1.54) is 29.5 Å². The molecular weight excluding hydrogens is 406 g/mol. The maximum absolute atomic E-state index is 12.3. The Labute approximate surface area is 183 Å². The Balaban J connectivity index is 1.39. The minimum absolute atomic E-state index is 0.393. The van der Waals surface area contributed by atoms with Crippen LogP contribution < -0.4 is 10.6 Å². The van der Waals surface area contributed by atoms with E-state index < -0.39 is 17.5 Å². The molecule has 1 aliphatic carbocycles. The predicted molar refractivity (Wildman–Crippen MR) is 118 cm³/mol. The van der Waals surface area contributed by atoms with Crippen molar-refractivity contribution in [2.24, 2.45) is 0 Å². The van der Waals surface area contributed by atoms with Crippen molar-refractivity contribution in [3.05, 3.63) is 59.3 Å². The van der Waals surface area contributed by atoms with Crippen LogP contribution in [0.2, 0.25) is 0 Å². The van der Waals surface area contributed by atoms with E-state index in [4.69, 9.17) is 4.52 Å². The molecule has 1 unspecified atom stereocenters. The zero-order valence-electron chi connectivity index (χ0n) is 17.5. The highest BCUT2D eigenvalue weighted by Gasteiger charge is 2.43. The number of amides is 3. The Morgan fingerprint density at radius 3 is 2.75 bits per heavy atom. The first-order valence-electron chi connectivity index (χ1n) is 10.7. The number of nitrogens with zero attached hydrogens (tertiary/aromatic N) is 2. The molecule has 1 fully saturated rings. The summed E-state index contributed by atoms with van der Waals surface area (Å²) in [4.78, 5) is 32.2. The second-order valence-electron chi connectivity index (χ2n) is 8.55. The van der Waals surface area contributed by atoms with Gasteiger partial charge in [-0.3, -0.25) is 10.1 Å². The standard InChI is InChI=1S/C24H21N5O3/c1-24(22(30)27-23(31)28-24)14-7-4-6-13(12-14)20-26-21(32-29-20)17-10-5-9-16-15-8-2-3-11-18(15)25-19(16)17/h4-7,9-10,12,25H,2-3,8,11H2,1H3,(H2,27,28,30,31). The Bertz CT molecular complexity index is 1400. The number of aryl methyl sites for hydroxylation is 2. The second kappa shape index (κ2) is 6.78. The van der Waals surface area contributed by atoms with Crippen LogP contribution in [0.25, 0.3) is 33.7 Å². The average molecular weight is 427 g/mol. The first-order valence-corrected chi connectivity index (χ1v) is 10.7. The van der Waals surface area contributed by atoms with E-state index in [2.05, 4.69) is 31.8 Å². The van der Waals surface area contributed by atoms with Crippen molar-refractivity contribution < 1.29 is 14.1 Å². The summed E-state index contributed by atoms with van der Waals surface area (Å²) in [5, 5.41) is 10.4. The number of imide groups is 1. The van der Waals surface area contributed by atoms with Crippen LogP contribution in [0.15, 0.2) is 47.0 Å². The number of nitrogens with one attached hydrogen (secondary N) is 3. The first-order chi connectivity index (χ1) is 15.5. The number of fused-ring (bicyclic) bond motifs is 3. The van der Waals surface area contributed by atoms with Crippen LogP contribution in [0.1, 0.15) is 36.6 Å². The summed E-state index contributed by atoms with van der Waals surface area (Å²) >= 11 is 0. The fourth-order valence-corrected chi connectivity index (χ4v) is 4.77. The first kappa shape index (κ1) is 18.8. The molecule has 2 aromatic heterocycles. The zero-order chi connectivity index (χ0) is 21.9. The number of carbonyl (C=O) groups excluding carboxylic acids is 2. The molecular formula is C24H21N5O3. The van der Waals surface area contributed by atoms with Crippen LogP contribution in [-0.2, 0) is 23.2 Å². The van der Waals surface area contributed by atoms with Crippen LogP contribution in [0.5, 0.6) is 0 Å². The number of aromatic amines is 1. The van der Waals surface area contributed by atoms with Crippen molar-refractivity contribution in [3.8, 4) is 22.8 Å². The van der Waals surface area contributed by atoms with Crippen molar-refractivity contribution in [1.82, 2.24) is 25.8 Å². The third-order valence-electron chi connectivity index (χ3n) is 6.53. The highest BCUT2D eigenvalue weighted by molar-refractivity contribution is 6.07. The normalized spacial score (nSPS) is 20.3. The minimum Gasteiger partial charge on any atom is -0.358 e. The van der Waals surface area contributed by atoms with E-state index in [0.717, 1.165) is 23.9 Å². The summed E-state index contributed by atoms with van der Waals surface area (Å²) in [7, 11) is 0. The van der Waals surface area contributed by atoms with Gasteiger partial charge in [-0.05, 0) is 55.9 Å². The minimum atomic E-state index is -1.14. The fourth-order valence-electron chi connectivity index (χ4n) is 4.77. The van der Waals surface area contributed by atoms with Gasteiger partial charge in [-0.1, -0.05) is 35.5 Å². The van der Waals surface area contributed by atoms with E-state index in [1.54, 1.807) is 19.1 Å². The van der Waals surface area contributed by atoms with Crippen LogP contribution >= 0.6 is 0 Å². The van der Waals surface area contributed by atoms with Gasteiger partial charge in [0.15, 0.2) is 0 Å². The number of urea groups is 1. The maximum atomic E-state index is 12.3. The monoisotopic (exact) mass is 427 g/mol. The quantitative estimate of drug-likeness (QED) is 0.430. The smallest absolute Gasteiger partial charge is 0.322 e. The van der Waals surface area contributed by atoms with Gasteiger partial charge in [-0.15, -0.1) is 0 Å². The van der Waals surface area contributed by atoms with E-state index in [0.29, 0.717) is 22.8 Å². The SMILES string of the molecule is CC1(c2cccc(-c3noc(-c4cccc5c6c([nH]c45)CCCC6)n3)c2)NC(=O)NC1=O. The molecule has 160 valence electrons. The summed E-state index contributed by atoms with van der Waals surface area (Å²) in [6, 6.07) is 12.9. The molecule has 3 amide bonds. The van der Waals surface area contributed by atoms with Gasteiger partial charge in [0, 0.05) is 16.6 Å². The Morgan fingerprint density at radius 1 is 1.06 bits per heavy atom. The molecule has 3 heterocycles. The predicted octanol–water partition coefficient (Wildman–Crippen LogP) is 3.82. The van der Waals surface area contributed by atoms with E-state index in [9.17, 15) is 9.59 Å². The molecule has 32 heavy (non-hydrogen) atoms. The number of rotatable bonds is 3. The van der Waals surface area contributed by atoms with Crippen LogP contribution in [0, 0.1) is 0 Å². The molecule has 6 rings (SSSR count). The number of para-hydroxylation sites is 1. The van der Waals surface area contributed by atoms with Crippen LogP contribution in [0.3, 0.4) is 0 Å². The molecule has 2 aliphatic rings. The van der Waals surface area contributed by atoms with Crippen LogP contribution in [-0.4, -0.2) is 27.1 Å². The summed E-state index contributed by atoms with van der Waals surface area (Å²) < 4.78 is 5.64. The lowest BCUT2D eigenvalue weighted by Crippen LogP contribution is -2.40. The average Bonchev–Trinajstić information content (AvgIpc) is 3.50. The number of aromatic nitrogens is 3. The van der Waals surface area contributed by atoms with Crippen molar-refractivity contribution >= 4 is 22.8 Å². The van der Waals surface area contributed by atoms with E-state index in [1.807, 2.05) is 24.3 Å². The molecule has 1 saturated heterocycles. The maximum Gasteiger partial charge on any atom is 0.322 e. The van der Waals surface area contributed by atoms with Gasteiger partial charge in [0.1, 0.15) is 5.54 Å². The second-order valence-corrected chi connectivity index (χ2v) is 8.55. The third kappa shape index (κ3) is 2.76. The molecule has 8 nitrogen and oxygen atoms in total. The molecule has 1 aliphatic heterocycles. The van der Waals surface area contributed by atoms with Gasteiger partial charge >= 0.3 is 6.03 Å². The topological polar surface area (TPSA) is 113 Å².